The Balaban J connectivity index is 1.97. The molecule has 1 saturated heterocycles. The van der Waals surface area contributed by atoms with Crippen molar-refractivity contribution in [2.75, 3.05) is 13.1 Å². The molecule has 0 amide bonds. The van der Waals surface area contributed by atoms with Crippen LogP contribution >= 0.6 is 0 Å². The van der Waals surface area contributed by atoms with Gasteiger partial charge in [0.15, 0.2) is 0 Å². The first-order valence-corrected chi connectivity index (χ1v) is 7.15. The Morgan fingerprint density at radius 3 is 2.62 bits per heavy atom. The van der Waals surface area contributed by atoms with Crippen LogP contribution in [0.25, 0.3) is 0 Å². The summed E-state index contributed by atoms with van der Waals surface area (Å²) in [4.78, 5) is 2.71. The lowest BCUT2D eigenvalue weighted by Gasteiger charge is -2.46. The van der Waals surface area contributed by atoms with Crippen LogP contribution in [0.15, 0.2) is 0 Å². The van der Waals surface area contributed by atoms with E-state index in [1.807, 2.05) is 0 Å². The summed E-state index contributed by atoms with van der Waals surface area (Å²) in [6.45, 7) is 6.81. The first-order valence-electron chi connectivity index (χ1n) is 7.15. The van der Waals surface area contributed by atoms with Crippen LogP contribution in [0, 0.1) is 5.92 Å². The Bertz CT molecular complexity index is 223. The van der Waals surface area contributed by atoms with Crippen molar-refractivity contribution in [2.24, 2.45) is 11.7 Å². The predicted molar refractivity (Wildman–Crippen MR) is 69.4 cm³/mol. The zero-order chi connectivity index (χ0) is 11.6. The molecule has 0 aromatic carbocycles. The van der Waals surface area contributed by atoms with Crippen LogP contribution in [-0.4, -0.2) is 29.6 Å². The van der Waals surface area contributed by atoms with Crippen molar-refractivity contribution in [3.63, 3.8) is 0 Å². The molecule has 0 aromatic rings. The molecule has 0 spiro atoms. The average molecular weight is 224 g/mol. The Morgan fingerprint density at radius 2 is 1.88 bits per heavy atom. The lowest BCUT2D eigenvalue weighted by Crippen LogP contribution is -2.55. The molecule has 2 fully saturated rings. The van der Waals surface area contributed by atoms with E-state index in [1.165, 1.54) is 45.1 Å². The molecular weight excluding hydrogens is 196 g/mol. The summed E-state index contributed by atoms with van der Waals surface area (Å²) in [5.74, 6) is 0.982. The van der Waals surface area contributed by atoms with Crippen LogP contribution in [-0.2, 0) is 0 Å². The molecule has 1 heterocycles. The van der Waals surface area contributed by atoms with E-state index in [-0.39, 0.29) is 5.54 Å². The molecule has 2 aliphatic rings. The van der Waals surface area contributed by atoms with Crippen LogP contribution < -0.4 is 5.73 Å². The van der Waals surface area contributed by atoms with E-state index in [9.17, 15) is 0 Å². The lowest BCUT2D eigenvalue weighted by atomic mass is 9.77. The fraction of sp³-hybridized carbons (Fsp3) is 1.00. The maximum absolute atomic E-state index is 6.33. The third-order valence-electron chi connectivity index (χ3n) is 4.73. The van der Waals surface area contributed by atoms with E-state index in [2.05, 4.69) is 18.7 Å². The predicted octanol–water partition coefficient (Wildman–Crippen LogP) is 2.77. The van der Waals surface area contributed by atoms with Gasteiger partial charge in [-0.1, -0.05) is 19.8 Å². The van der Waals surface area contributed by atoms with Gasteiger partial charge in [-0.3, -0.25) is 4.90 Å². The van der Waals surface area contributed by atoms with E-state index in [0.717, 1.165) is 24.9 Å². The van der Waals surface area contributed by atoms with Crippen LogP contribution in [0.2, 0.25) is 0 Å². The summed E-state index contributed by atoms with van der Waals surface area (Å²) < 4.78 is 0. The molecule has 1 saturated carbocycles. The van der Waals surface area contributed by atoms with Crippen LogP contribution in [0.3, 0.4) is 0 Å². The standard InChI is InChI=1S/C14H28N2/c1-3-14(2,15)11-16-10-6-8-12-7-4-5-9-13(12)16/h12-13H,3-11,15H2,1-2H3/t12-,13-,14?/m1/s1. The minimum Gasteiger partial charge on any atom is -0.324 e. The average Bonchev–Trinajstić information content (AvgIpc) is 2.29. The largest absolute Gasteiger partial charge is 0.324 e. The molecular formula is C14H28N2. The number of nitrogens with zero attached hydrogens (tertiary/aromatic N) is 1. The summed E-state index contributed by atoms with van der Waals surface area (Å²) in [6, 6.07) is 0.858. The normalized spacial score (nSPS) is 35.4. The van der Waals surface area contributed by atoms with Crippen LogP contribution in [0.1, 0.15) is 58.8 Å². The van der Waals surface area contributed by atoms with E-state index in [1.54, 1.807) is 0 Å². The van der Waals surface area contributed by atoms with E-state index >= 15 is 0 Å². The van der Waals surface area contributed by atoms with E-state index < -0.39 is 0 Å². The van der Waals surface area contributed by atoms with Crippen molar-refractivity contribution >= 4 is 0 Å². The summed E-state index contributed by atoms with van der Waals surface area (Å²) in [6.07, 6.45) is 9.73. The van der Waals surface area contributed by atoms with Gasteiger partial charge < -0.3 is 5.73 Å². The molecule has 0 aromatic heterocycles. The highest BCUT2D eigenvalue weighted by Gasteiger charge is 2.35. The van der Waals surface area contributed by atoms with Crippen molar-refractivity contribution < 1.29 is 0 Å². The Hall–Kier alpha value is -0.0800. The highest BCUT2D eigenvalue weighted by molar-refractivity contribution is 4.91. The molecule has 2 nitrogen and oxygen atoms in total. The van der Waals surface area contributed by atoms with Gasteiger partial charge in [-0.2, -0.15) is 0 Å². The van der Waals surface area contributed by atoms with Crippen molar-refractivity contribution in [2.45, 2.75) is 70.4 Å². The number of nitrogens with two attached hydrogens (primary N) is 1. The van der Waals surface area contributed by atoms with Gasteiger partial charge >= 0.3 is 0 Å². The second-order valence-corrected chi connectivity index (χ2v) is 6.23. The lowest BCUT2D eigenvalue weighted by molar-refractivity contribution is 0.0442. The third kappa shape index (κ3) is 2.78. The third-order valence-corrected chi connectivity index (χ3v) is 4.73. The Morgan fingerprint density at radius 1 is 1.19 bits per heavy atom. The fourth-order valence-corrected chi connectivity index (χ4v) is 3.50. The molecule has 0 radical (unpaired) electrons. The van der Waals surface area contributed by atoms with Gasteiger partial charge in [0.25, 0.3) is 0 Å². The number of hydrogen-bond acceptors (Lipinski definition) is 2. The number of rotatable bonds is 3. The van der Waals surface area contributed by atoms with Gasteiger partial charge in [0.1, 0.15) is 0 Å². The second-order valence-electron chi connectivity index (χ2n) is 6.23. The molecule has 94 valence electrons. The zero-order valence-electron chi connectivity index (χ0n) is 11.0. The second kappa shape index (κ2) is 5.05. The van der Waals surface area contributed by atoms with Gasteiger partial charge in [-0.05, 0) is 51.5 Å². The minimum absolute atomic E-state index is 0.0132. The van der Waals surface area contributed by atoms with E-state index in [0.29, 0.717) is 0 Å². The molecule has 2 rings (SSSR count). The summed E-state index contributed by atoms with van der Waals surface area (Å²) >= 11 is 0. The first-order chi connectivity index (χ1) is 7.62. The number of likely N-dealkylation sites (tertiary alicyclic amines) is 1. The van der Waals surface area contributed by atoms with Crippen LogP contribution in [0.5, 0.6) is 0 Å². The summed E-state index contributed by atoms with van der Waals surface area (Å²) in [5, 5.41) is 0. The van der Waals surface area contributed by atoms with Crippen molar-refractivity contribution in [3.8, 4) is 0 Å². The van der Waals surface area contributed by atoms with Gasteiger partial charge in [0, 0.05) is 18.1 Å². The molecule has 1 aliphatic carbocycles. The highest BCUT2D eigenvalue weighted by Crippen LogP contribution is 2.35. The highest BCUT2D eigenvalue weighted by atomic mass is 15.2. The van der Waals surface area contributed by atoms with Crippen molar-refractivity contribution in [1.29, 1.82) is 0 Å². The zero-order valence-corrected chi connectivity index (χ0v) is 11.0. The van der Waals surface area contributed by atoms with Gasteiger partial charge in [-0.25, -0.2) is 0 Å². The Labute approximate surface area is 101 Å². The van der Waals surface area contributed by atoms with Gasteiger partial charge in [-0.15, -0.1) is 0 Å². The van der Waals surface area contributed by atoms with Gasteiger partial charge in [0.05, 0.1) is 0 Å². The number of fused-ring (bicyclic) bond motifs is 1. The molecule has 2 N–H and O–H groups in total. The first kappa shape index (κ1) is 12.4. The summed E-state index contributed by atoms with van der Waals surface area (Å²) in [5.41, 5.74) is 6.34. The van der Waals surface area contributed by atoms with Crippen molar-refractivity contribution in [1.82, 2.24) is 4.90 Å². The smallest absolute Gasteiger partial charge is 0.0252 e. The quantitative estimate of drug-likeness (QED) is 0.798. The fourth-order valence-electron chi connectivity index (χ4n) is 3.50. The van der Waals surface area contributed by atoms with Crippen LogP contribution in [0.4, 0.5) is 0 Å². The topological polar surface area (TPSA) is 29.3 Å². The SMILES string of the molecule is CCC(C)(N)CN1CCC[C@H]2CCCC[C@H]21. The molecule has 2 heteroatoms. The molecule has 0 bridgehead atoms. The minimum atomic E-state index is 0.0132. The van der Waals surface area contributed by atoms with Gasteiger partial charge in [0.2, 0.25) is 0 Å². The molecule has 16 heavy (non-hydrogen) atoms. The molecule has 3 atom stereocenters. The number of piperidine rings is 1. The maximum Gasteiger partial charge on any atom is 0.0252 e. The Kier molecular flexibility index (Phi) is 3.91. The molecule has 1 unspecified atom stereocenters. The number of hydrogen-bond donors (Lipinski definition) is 1. The monoisotopic (exact) mass is 224 g/mol. The molecule has 1 aliphatic heterocycles. The maximum atomic E-state index is 6.33. The summed E-state index contributed by atoms with van der Waals surface area (Å²) in [7, 11) is 0. The van der Waals surface area contributed by atoms with Crippen molar-refractivity contribution in [3.05, 3.63) is 0 Å². The van der Waals surface area contributed by atoms with E-state index in [4.69, 9.17) is 5.73 Å².